The maximum atomic E-state index is 11.5. The van der Waals surface area contributed by atoms with Crippen molar-refractivity contribution in [3.63, 3.8) is 0 Å². The van der Waals surface area contributed by atoms with Gasteiger partial charge in [-0.25, -0.2) is 4.79 Å². The average molecular weight is 261 g/mol. The molecule has 0 unspecified atom stereocenters. The molecule has 0 saturated carbocycles. The molecule has 0 fully saturated rings. The monoisotopic (exact) mass is 261 g/mol. The van der Waals surface area contributed by atoms with Crippen molar-refractivity contribution in [2.24, 2.45) is 5.16 Å². The topological polar surface area (TPSA) is 47.9 Å². The number of hydrogen-bond acceptors (Lipinski definition) is 4. The fourth-order valence-electron chi connectivity index (χ4n) is 1.40. The molecule has 0 aromatic heterocycles. The molecule has 0 aliphatic heterocycles. The molecule has 4 nitrogen and oxygen atoms in total. The van der Waals surface area contributed by atoms with Crippen molar-refractivity contribution in [1.82, 2.24) is 0 Å². The van der Waals surface area contributed by atoms with Gasteiger partial charge in [0.2, 0.25) is 0 Å². The number of benzene rings is 1. The van der Waals surface area contributed by atoms with E-state index >= 15 is 0 Å². The standard InChI is InChI=1S/C15H19NO3/c1-3-14(15(17)18-4-2)10-11-16-19-12-13-8-6-5-7-9-13/h5-11H,3-4,12H2,1-2H3/b14-10+,16-11+. The minimum atomic E-state index is -0.306. The van der Waals surface area contributed by atoms with Gasteiger partial charge in [-0.3, -0.25) is 0 Å². The lowest BCUT2D eigenvalue weighted by molar-refractivity contribution is -0.138. The maximum absolute atomic E-state index is 11.5. The summed E-state index contributed by atoms with van der Waals surface area (Å²) >= 11 is 0. The third-order valence-corrected chi connectivity index (χ3v) is 2.40. The van der Waals surface area contributed by atoms with Gasteiger partial charge in [-0.15, -0.1) is 0 Å². The Morgan fingerprint density at radius 2 is 2.00 bits per heavy atom. The van der Waals surface area contributed by atoms with Crippen molar-refractivity contribution in [3.8, 4) is 0 Å². The number of hydrogen-bond donors (Lipinski definition) is 0. The fraction of sp³-hybridized carbons (Fsp3) is 0.333. The molecule has 102 valence electrons. The van der Waals surface area contributed by atoms with E-state index in [0.717, 1.165) is 5.56 Å². The minimum Gasteiger partial charge on any atom is -0.463 e. The molecule has 1 rings (SSSR count). The molecule has 0 N–H and O–H groups in total. The Morgan fingerprint density at radius 1 is 1.26 bits per heavy atom. The zero-order valence-electron chi connectivity index (χ0n) is 11.3. The highest BCUT2D eigenvalue weighted by Crippen LogP contribution is 2.03. The quantitative estimate of drug-likeness (QED) is 0.328. The number of rotatable bonds is 7. The predicted molar refractivity (Wildman–Crippen MR) is 74.7 cm³/mol. The number of oxime groups is 1. The van der Waals surface area contributed by atoms with E-state index in [0.29, 0.717) is 25.2 Å². The van der Waals surface area contributed by atoms with E-state index in [2.05, 4.69) is 5.16 Å². The van der Waals surface area contributed by atoms with Crippen LogP contribution in [0.1, 0.15) is 25.8 Å². The largest absolute Gasteiger partial charge is 0.463 e. The van der Waals surface area contributed by atoms with E-state index in [9.17, 15) is 4.79 Å². The first-order valence-electron chi connectivity index (χ1n) is 6.33. The van der Waals surface area contributed by atoms with Gasteiger partial charge in [0.1, 0.15) is 6.61 Å². The molecule has 0 amide bonds. The first kappa shape index (κ1) is 15.0. The molecular weight excluding hydrogens is 242 g/mol. The number of carbonyl (C=O) groups is 1. The third kappa shape index (κ3) is 5.86. The normalized spacial score (nSPS) is 11.6. The molecule has 1 aromatic rings. The Labute approximate surface area is 113 Å². The predicted octanol–water partition coefficient (Wildman–Crippen LogP) is 3.09. The van der Waals surface area contributed by atoms with Crippen molar-refractivity contribution >= 4 is 12.2 Å². The number of ether oxygens (including phenoxy) is 1. The van der Waals surface area contributed by atoms with Crippen LogP contribution >= 0.6 is 0 Å². The summed E-state index contributed by atoms with van der Waals surface area (Å²) in [4.78, 5) is 16.6. The third-order valence-electron chi connectivity index (χ3n) is 2.40. The number of allylic oxidation sites excluding steroid dienone is 1. The van der Waals surface area contributed by atoms with E-state index in [1.54, 1.807) is 13.0 Å². The van der Waals surface area contributed by atoms with E-state index in [4.69, 9.17) is 9.57 Å². The van der Waals surface area contributed by atoms with Crippen LogP contribution in [0, 0.1) is 0 Å². The van der Waals surface area contributed by atoms with Gasteiger partial charge in [0.05, 0.1) is 12.8 Å². The van der Waals surface area contributed by atoms with Gasteiger partial charge in [0.15, 0.2) is 0 Å². The van der Waals surface area contributed by atoms with E-state index in [1.807, 2.05) is 37.3 Å². The average Bonchev–Trinajstić information content (AvgIpc) is 2.44. The van der Waals surface area contributed by atoms with E-state index < -0.39 is 0 Å². The molecule has 0 aliphatic carbocycles. The van der Waals surface area contributed by atoms with Gasteiger partial charge >= 0.3 is 5.97 Å². The molecule has 0 saturated heterocycles. The Kier molecular flexibility index (Phi) is 7.02. The summed E-state index contributed by atoms with van der Waals surface area (Å²) in [5.41, 5.74) is 1.62. The van der Waals surface area contributed by atoms with Gasteiger partial charge < -0.3 is 9.57 Å². The molecule has 0 heterocycles. The molecular formula is C15H19NO3. The van der Waals surface area contributed by atoms with E-state index in [1.165, 1.54) is 6.21 Å². The summed E-state index contributed by atoms with van der Waals surface area (Å²) in [6, 6.07) is 9.75. The molecule has 0 radical (unpaired) electrons. The summed E-state index contributed by atoms with van der Waals surface area (Å²) in [5.74, 6) is -0.306. The van der Waals surface area contributed by atoms with Crippen molar-refractivity contribution in [1.29, 1.82) is 0 Å². The minimum absolute atomic E-state index is 0.306. The maximum Gasteiger partial charge on any atom is 0.334 e. The summed E-state index contributed by atoms with van der Waals surface area (Å²) in [7, 11) is 0. The molecule has 0 spiro atoms. The summed E-state index contributed by atoms with van der Waals surface area (Å²) in [6.07, 6.45) is 3.69. The van der Waals surface area contributed by atoms with Crippen LogP contribution in [0.5, 0.6) is 0 Å². The first-order chi connectivity index (χ1) is 9.27. The summed E-state index contributed by atoms with van der Waals surface area (Å²) in [6.45, 7) is 4.45. The van der Waals surface area contributed by atoms with Gasteiger partial charge in [-0.2, -0.15) is 0 Å². The SMILES string of the molecule is CCOC(=O)/C(=C/C=N/OCc1ccccc1)CC. The van der Waals surface area contributed by atoms with Crippen LogP contribution in [0.25, 0.3) is 0 Å². The Balaban J connectivity index is 2.41. The molecule has 0 atom stereocenters. The number of esters is 1. The highest BCUT2D eigenvalue weighted by molar-refractivity contribution is 5.93. The highest BCUT2D eigenvalue weighted by atomic mass is 16.6. The summed E-state index contributed by atoms with van der Waals surface area (Å²) in [5, 5.41) is 3.79. The number of nitrogens with zero attached hydrogens (tertiary/aromatic N) is 1. The second-order valence-corrected chi connectivity index (χ2v) is 3.78. The highest BCUT2D eigenvalue weighted by Gasteiger charge is 2.06. The lowest BCUT2D eigenvalue weighted by atomic mass is 10.2. The van der Waals surface area contributed by atoms with Crippen molar-refractivity contribution in [2.75, 3.05) is 6.61 Å². The van der Waals surface area contributed by atoms with Crippen LogP contribution in [0.15, 0.2) is 47.1 Å². The van der Waals surface area contributed by atoms with Crippen molar-refractivity contribution in [2.45, 2.75) is 26.9 Å². The molecule has 0 aliphatic rings. The zero-order valence-corrected chi connectivity index (χ0v) is 11.3. The lowest BCUT2D eigenvalue weighted by Gasteiger charge is -2.02. The lowest BCUT2D eigenvalue weighted by Crippen LogP contribution is -2.07. The second kappa shape index (κ2) is 8.91. The second-order valence-electron chi connectivity index (χ2n) is 3.78. The molecule has 1 aromatic carbocycles. The van der Waals surface area contributed by atoms with Crippen LogP contribution in [0.3, 0.4) is 0 Å². The van der Waals surface area contributed by atoms with Crippen LogP contribution < -0.4 is 0 Å². The van der Waals surface area contributed by atoms with Crippen molar-refractivity contribution in [3.05, 3.63) is 47.5 Å². The fourth-order valence-corrected chi connectivity index (χ4v) is 1.40. The summed E-state index contributed by atoms with van der Waals surface area (Å²) < 4.78 is 4.91. The zero-order chi connectivity index (χ0) is 13.9. The van der Waals surface area contributed by atoms with E-state index in [-0.39, 0.29) is 5.97 Å². The molecule has 4 heteroatoms. The van der Waals surface area contributed by atoms with Gasteiger partial charge in [-0.1, -0.05) is 42.4 Å². The van der Waals surface area contributed by atoms with Crippen LogP contribution in [0.2, 0.25) is 0 Å². The van der Waals surface area contributed by atoms with Gasteiger partial charge in [-0.05, 0) is 25.0 Å². The van der Waals surface area contributed by atoms with Crippen LogP contribution in [0.4, 0.5) is 0 Å². The molecule has 0 bridgehead atoms. The van der Waals surface area contributed by atoms with Crippen molar-refractivity contribution < 1.29 is 14.4 Å². The first-order valence-corrected chi connectivity index (χ1v) is 6.33. The van der Waals surface area contributed by atoms with Gasteiger partial charge in [0, 0.05) is 5.57 Å². The van der Waals surface area contributed by atoms with Gasteiger partial charge in [0.25, 0.3) is 0 Å². The smallest absolute Gasteiger partial charge is 0.334 e. The number of carbonyl (C=O) groups excluding carboxylic acids is 1. The Morgan fingerprint density at radius 3 is 2.63 bits per heavy atom. The Hall–Kier alpha value is -2.10. The van der Waals surface area contributed by atoms with Crippen LogP contribution in [-0.2, 0) is 21.0 Å². The Bertz CT molecular complexity index is 438. The molecule has 19 heavy (non-hydrogen) atoms. The van der Waals surface area contributed by atoms with Crippen LogP contribution in [-0.4, -0.2) is 18.8 Å².